The maximum absolute atomic E-state index is 15.4. The maximum atomic E-state index is 15.4. The molecule has 0 amide bonds. The number of nitro benzene ring substituents is 2. The minimum absolute atomic E-state index is 0.0446. The van der Waals surface area contributed by atoms with Crippen LogP contribution in [-0.2, 0) is 12.8 Å². The van der Waals surface area contributed by atoms with Gasteiger partial charge in [0.2, 0.25) is 0 Å². The average Bonchev–Trinajstić information content (AvgIpc) is 3.90. The van der Waals surface area contributed by atoms with Crippen LogP contribution < -0.4 is 0 Å². The zero-order valence-corrected chi connectivity index (χ0v) is 31.0. The van der Waals surface area contributed by atoms with E-state index in [1.54, 1.807) is 36.4 Å². The van der Waals surface area contributed by atoms with Crippen molar-refractivity contribution < 1.29 is 18.6 Å². The standard InChI is InChI=1S/C38H36F2N4O4S3/c1-5-21(3)7-9-23-11-13-25(27(39)19-23)29-15-17-31(49-29)33-35-36(42-51-41-35)34(38(44(47)48)37(33)43(45)46)32-18-16-30(50-32)26-14-12-24(20-28(26)40)10-8-22(4)6-2/h11-22H,5-10H2,1-4H3. The molecule has 0 spiro atoms. The summed E-state index contributed by atoms with van der Waals surface area (Å²) in [6.45, 7) is 8.58. The van der Waals surface area contributed by atoms with Crippen LogP contribution in [0.4, 0.5) is 20.2 Å². The van der Waals surface area contributed by atoms with Gasteiger partial charge in [-0.3, -0.25) is 20.2 Å². The van der Waals surface area contributed by atoms with E-state index in [0.717, 1.165) is 84.1 Å². The first-order chi connectivity index (χ1) is 24.5. The molecule has 0 aliphatic carbocycles. The summed E-state index contributed by atoms with van der Waals surface area (Å²) >= 11 is 2.97. The first-order valence-electron chi connectivity index (χ1n) is 16.9. The number of thiophene rings is 2. The molecule has 3 aromatic carbocycles. The van der Waals surface area contributed by atoms with Crippen molar-refractivity contribution in [3.05, 3.63) is 104 Å². The highest BCUT2D eigenvalue weighted by Gasteiger charge is 2.40. The fourth-order valence-corrected chi connectivity index (χ4v) is 8.82. The first kappa shape index (κ1) is 36.3. The van der Waals surface area contributed by atoms with Gasteiger partial charge in [-0.2, -0.15) is 8.75 Å². The third-order valence-corrected chi connectivity index (χ3v) is 12.4. The Morgan fingerprint density at radius 2 is 1.04 bits per heavy atom. The van der Waals surface area contributed by atoms with E-state index in [4.69, 9.17) is 0 Å². The number of aryl methyl sites for hydroxylation is 2. The second-order valence-electron chi connectivity index (χ2n) is 13.0. The summed E-state index contributed by atoms with van der Waals surface area (Å²) in [5, 5.41) is 25.5. The van der Waals surface area contributed by atoms with E-state index in [2.05, 4.69) is 36.4 Å². The third kappa shape index (κ3) is 7.46. The number of benzene rings is 3. The highest BCUT2D eigenvalue weighted by molar-refractivity contribution is 7.19. The van der Waals surface area contributed by atoms with Crippen molar-refractivity contribution in [2.24, 2.45) is 11.8 Å². The Labute approximate surface area is 306 Å². The second kappa shape index (κ2) is 15.4. The van der Waals surface area contributed by atoms with Crippen LogP contribution in [-0.4, -0.2) is 18.6 Å². The number of halogens is 2. The van der Waals surface area contributed by atoms with Gasteiger partial charge in [0.1, 0.15) is 33.8 Å². The van der Waals surface area contributed by atoms with E-state index < -0.39 is 32.9 Å². The van der Waals surface area contributed by atoms with E-state index in [9.17, 15) is 20.2 Å². The van der Waals surface area contributed by atoms with Crippen LogP contribution in [0.15, 0.2) is 60.7 Å². The van der Waals surface area contributed by atoms with Crippen LogP contribution >= 0.6 is 34.4 Å². The second-order valence-corrected chi connectivity index (χ2v) is 15.7. The fraction of sp³-hybridized carbons (Fsp3) is 0.316. The van der Waals surface area contributed by atoms with Crippen LogP contribution in [0.1, 0.15) is 64.5 Å². The van der Waals surface area contributed by atoms with Crippen LogP contribution in [0.2, 0.25) is 0 Å². The van der Waals surface area contributed by atoms with Gasteiger partial charge in [0.15, 0.2) is 0 Å². The summed E-state index contributed by atoms with van der Waals surface area (Å²) in [4.78, 5) is 25.6. The van der Waals surface area contributed by atoms with E-state index in [-0.39, 0.29) is 22.2 Å². The van der Waals surface area contributed by atoms with Gasteiger partial charge in [0.05, 0.1) is 21.6 Å². The topological polar surface area (TPSA) is 112 Å². The number of hydrogen-bond acceptors (Lipinski definition) is 9. The molecule has 6 rings (SSSR count). The van der Waals surface area contributed by atoms with Gasteiger partial charge in [0.25, 0.3) is 0 Å². The summed E-state index contributed by atoms with van der Waals surface area (Å²) in [7, 11) is 0. The van der Waals surface area contributed by atoms with Gasteiger partial charge >= 0.3 is 11.4 Å². The van der Waals surface area contributed by atoms with E-state index in [1.165, 1.54) is 12.1 Å². The Hall–Kier alpha value is -4.46. The quantitative estimate of drug-likeness (QED) is 0.0810. The molecule has 13 heteroatoms. The van der Waals surface area contributed by atoms with E-state index >= 15 is 8.78 Å². The average molecular weight is 747 g/mol. The van der Waals surface area contributed by atoms with Crippen molar-refractivity contribution in [2.45, 2.75) is 66.2 Å². The summed E-state index contributed by atoms with van der Waals surface area (Å²) in [5.74, 6) is 0.239. The number of nitro groups is 2. The molecule has 0 aliphatic rings. The van der Waals surface area contributed by atoms with Gasteiger partial charge in [-0.15, -0.1) is 22.7 Å². The normalized spacial score (nSPS) is 12.7. The minimum atomic E-state index is -0.770. The van der Waals surface area contributed by atoms with Gasteiger partial charge in [0, 0.05) is 30.6 Å². The molecule has 0 N–H and O–H groups in total. The molecule has 0 saturated heterocycles. The van der Waals surface area contributed by atoms with Crippen LogP contribution in [0.3, 0.4) is 0 Å². The van der Waals surface area contributed by atoms with Crippen molar-refractivity contribution in [1.29, 1.82) is 0 Å². The number of hydrogen-bond donors (Lipinski definition) is 0. The monoisotopic (exact) mass is 746 g/mol. The predicted octanol–water partition coefficient (Wildman–Crippen LogP) is 12.5. The minimum Gasteiger partial charge on any atom is -0.258 e. The molecule has 0 fully saturated rings. The Balaban J connectivity index is 1.41. The fourth-order valence-electron chi connectivity index (χ4n) is 6.10. The van der Waals surface area contributed by atoms with Gasteiger partial charge < -0.3 is 0 Å². The summed E-state index contributed by atoms with van der Waals surface area (Å²) in [5.41, 5.74) is 1.17. The van der Waals surface area contributed by atoms with E-state index in [1.807, 2.05) is 12.1 Å². The van der Waals surface area contributed by atoms with Crippen molar-refractivity contribution in [1.82, 2.24) is 8.75 Å². The molecule has 0 bridgehead atoms. The van der Waals surface area contributed by atoms with Gasteiger partial charge in [-0.05, 0) is 85.0 Å². The zero-order valence-electron chi connectivity index (χ0n) is 28.6. The highest BCUT2D eigenvalue weighted by atomic mass is 32.1. The lowest BCUT2D eigenvalue weighted by atomic mass is 9.98. The molecule has 0 radical (unpaired) electrons. The lowest BCUT2D eigenvalue weighted by molar-refractivity contribution is -0.421. The van der Waals surface area contributed by atoms with Crippen LogP contribution in [0.5, 0.6) is 0 Å². The molecule has 0 saturated carbocycles. The first-order valence-corrected chi connectivity index (χ1v) is 19.3. The summed E-state index contributed by atoms with van der Waals surface area (Å²) in [6, 6.07) is 16.7. The summed E-state index contributed by atoms with van der Waals surface area (Å²) < 4.78 is 39.5. The lowest BCUT2D eigenvalue weighted by Crippen LogP contribution is -2.02. The maximum Gasteiger partial charge on any atom is 0.357 e. The van der Waals surface area contributed by atoms with Crippen molar-refractivity contribution in [2.75, 3.05) is 0 Å². The molecule has 3 aromatic heterocycles. The number of aromatic nitrogens is 2. The Morgan fingerprint density at radius 3 is 1.39 bits per heavy atom. The molecular weight excluding hydrogens is 711 g/mol. The molecule has 2 unspecified atom stereocenters. The smallest absolute Gasteiger partial charge is 0.258 e. The number of fused-ring (bicyclic) bond motifs is 1. The molecule has 2 atom stereocenters. The molecule has 8 nitrogen and oxygen atoms in total. The van der Waals surface area contributed by atoms with Crippen molar-refractivity contribution in [3.8, 4) is 41.8 Å². The Kier molecular flexibility index (Phi) is 11.0. The van der Waals surface area contributed by atoms with Crippen LogP contribution in [0, 0.1) is 43.7 Å². The lowest BCUT2D eigenvalue weighted by Gasteiger charge is -2.09. The SMILES string of the molecule is CCC(C)CCc1ccc(-c2ccc(-c3c([N+](=O)[O-])c([N+](=O)[O-])c(-c4ccc(-c5ccc(CCC(C)CC)cc5F)s4)c4nsnc34)s2)c(F)c1. The van der Waals surface area contributed by atoms with Crippen molar-refractivity contribution in [3.63, 3.8) is 0 Å². The molecule has 0 aliphatic heterocycles. The third-order valence-electron chi connectivity index (χ3n) is 9.57. The number of nitrogens with zero attached hydrogens (tertiary/aromatic N) is 4. The molecule has 264 valence electrons. The molecule has 3 heterocycles. The Bertz CT molecular complexity index is 2090. The zero-order chi connectivity index (χ0) is 36.4. The highest BCUT2D eigenvalue weighted by Crippen LogP contribution is 2.53. The molecule has 6 aromatic rings. The molecular formula is C38H36F2N4O4S3. The van der Waals surface area contributed by atoms with Gasteiger partial charge in [-0.1, -0.05) is 64.8 Å². The number of rotatable bonds is 14. The van der Waals surface area contributed by atoms with E-state index in [0.29, 0.717) is 42.5 Å². The predicted molar refractivity (Wildman–Crippen MR) is 204 cm³/mol. The Morgan fingerprint density at radius 1 is 0.647 bits per heavy atom. The largest absolute Gasteiger partial charge is 0.357 e. The van der Waals surface area contributed by atoms with Crippen molar-refractivity contribution >= 4 is 56.8 Å². The van der Waals surface area contributed by atoms with Gasteiger partial charge in [-0.25, -0.2) is 8.78 Å². The van der Waals surface area contributed by atoms with Crippen LogP contribution in [0.25, 0.3) is 52.8 Å². The molecule has 51 heavy (non-hydrogen) atoms. The summed E-state index contributed by atoms with van der Waals surface area (Å²) in [6.07, 6.45) is 5.50.